The molecule has 1 fully saturated rings. The Morgan fingerprint density at radius 2 is 1.50 bits per heavy atom. The first-order valence-corrected chi connectivity index (χ1v) is 9.55. The summed E-state index contributed by atoms with van der Waals surface area (Å²) in [6.07, 6.45) is 0. The van der Waals surface area contributed by atoms with Crippen molar-refractivity contribution in [1.82, 2.24) is 10.2 Å². The average molecular weight is 363 g/mol. The van der Waals surface area contributed by atoms with Gasteiger partial charge in [-0.15, -0.1) is 0 Å². The standard InChI is InChI=1S/C23H23ClN2/c24-23-9-5-4-8-21(23)19-10-11-20(17-26-14-12-25-13-15-26)22(16-19)18-6-2-1-3-7-18/h1-11,16,25H,12-15,17H2. The smallest absolute Gasteiger partial charge is 0.0484 e. The highest BCUT2D eigenvalue weighted by atomic mass is 35.5. The molecule has 0 radical (unpaired) electrons. The quantitative estimate of drug-likeness (QED) is 0.696. The molecule has 0 saturated carbocycles. The largest absolute Gasteiger partial charge is 0.314 e. The summed E-state index contributed by atoms with van der Waals surface area (Å²) < 4.78 is 0. The molecule has 1 aliphatic heterocycles. The van der Waals surface area contributed by atoms with Gasteiger partial charge in [0.25, 0.3) is 0 Å². The fourth-order valence-electron chi connectivity index (χ4n) is 3.57. The van der Waals surface area contributed by atoms with Crippen molar-refractivity contribution < 1.29 is 0 Å². The molecular weight excluding hydrogens is 340 g/mol. The Balaban J connectivity index is 1.75. The molecule has 2 nitrogen and oxygen atoms in total. The van der Waals surface area contributed by atoms with E-state index in [1.807, 2.05) is 18.2 Å². The topological polar surface area (TPSA) is 15.3 Å². The second-order valence-corrected chi connectivity index (χ2v) is 7.15. The summed E-state index contributed by atoms with van der Waals surface area (Å²) in [5, 5.41) is 4.22. The summed E-state index contributed by atoms with van der Waals surface area (Å²) in [5.74, 6) is 0. The van der Waals surface area contributed by atoms with E-state index in [1.54, 1.807) is 0 Å². The van der Waals surface area contributed by atoms with E-state index in [9.17, 15) is 0 Å². The zero-order chi connectivity index (χ0) is 17.8. The minimum atomic E-state index is 0.793. The molecule has 0 unspecified atom stereocenters. The lowest BCUT2D eigenvalue weighted by atomic mass is 9.94. The molecule has 132 valence electrons. The number of rotatable bonds is 4. The summed E-state index contributed by atoms with van der Waals surface area (Å²) >= 11 is 6.44. The molecule has 26 heavy (non-hydrogen) atoms. The van der Waals surface area contributed by atoms with Crippen LogP contribution >= 0.6 is 11.6 Å². The lowest BCUT2D eigenvalue weighted by molar-refractivity contribution is 0.233. The van der Waals surface area contributed by atoms with E-state index >= 15 is 0 Å². The molecule has 3 aromatic rings. The molecule has 1 heterocycles. The van der Waals surface area contributed by atoms with Crippen LogP contribution in [0.2, 0.25) is 5.02 Å². The second-order valence-electron chi connectivity index (χ2n) is 6.74. The molecule has 0 atom stereocenters. The molecular formula is C23H23ClN2. The van der Waals surface area contributed by atoms with Crippen LogP contribution in [0, 0.1) is 0 Å². The fraction of sp³-hybridized carbons (Fsp3) is 0.217. The molecule has 0 amide bonds. The maximum Gasteiger partial charge on any atom is 0.0484 e. The van der Waals surface area contributed by atoms with Crippen LogP contribution in [-0.4, -0.2) is 31.1 Å². The van der Waals surface area contributed by atoms with E-state index in [2.05, 4.69) is 64.8 Å². The van der Waals surface area contributed by atoms with Gasteiger partial charge in [0.15, 0.2) is 0 Å². The van der Waals surface area contributed by atoms with Crippen molar-refractivity contribution in [2.45, 2.75) is 6.54 Å². The van der Waals surface area contributed by atoms with Gasteiger partial charge in [-0.25, -0.2) is 0 Å². The predicted octanol–water partition coefficient (Wildman–Crippen LogP) is 5.08. The van der Waals surface area contributed by atoms with Gasteiger partial charge in [-0.3, -0.25) is 4.90 Å². The maximum absolute atomic E-state index is 6.44. The van der Waals surface area contributed by atoms with Crippen LogP contribution in [0.5, 0.6) is 0 Å². The zero-order valence-corrected chi connectivity index (χ0v) is 15.5. The first-order valence-electron chi connectivity index (χ1n) is 9.17. The van der Waals surface area contributed by atoms with E-state index in [1.165, 1.54) is 22.3 Å². The number of hydrogen-bond acceptors (Lipinski definition) is 2. The first-order chi connectivity index (χ1) is 12.8. The predicted molar refractivity (Wildman–Crippen MR) is 110 cm³/mol. The van der Waals surface area contributed by atoms with Crippen LogP contribution in [-0.2, 0) is 6.54 Å². The van der Waals surface area contributed by atoms with E-state index in [-0.39, 0.29) is 0 Å². The van der Waals surface area contributed by atoms with Gasteiger partial charge in [-0.05, 0) is 34.4 Å². The molecule has 0 aliphatic carbocycles. The Bertz CT molecular complexity index is 870. The summed E-state index contributed by atoms with van der Waals surface area (Å²) in [5.41, 5.74) is 6.17. The highest BCUT2D eigenvalue weighted by molar-refractivity contribution is 6.33. The molecule has 4 rings (SSSR count). The molecule has 1 N–H and O–H groups in total. The van der Waals surface area contributed by atoms with Gasteiger partial charge in [0, 0.05) is 43.3 Å². The van der Waals surface area contributed by atoms with Crippen molar-refractivity contribution in [3.05, 3.63) is 83.4 Å². The third kappa shape index (κ3) is 3.83. The first kappa shape index (κ1) is 17.3. The lowest BCUT2D eigenvalue weighted by Crippen LogP contribution is -2.42. The molecule has 1 saturated heterocycles. The van der Waals surface area contributed by atoms with Crippen molar-refractivity contribution >= 4 is 11.6 Å². The number of piperazine rings is 1. The number of halogens is 1. The Hall–Kier alpha value is -2.13. The van der Waals surface area contributed by atoms with Gasteiger partial charge in [0.2, 0.25) is 0 Å². The summed E-state index contributed by atoms with van der Waals surface area (Å²) in [4.78, 5) is 2.52. The van der Waals surface area contributed by atoms with Crippen molar-refractivity contribution in [2.75, 3.05) is 26.2 Å². The summed E-state index contributed by atoms with van der Waals surface area (Å²) in [6.45, 7) is 5.31. The minimum absolute atomic E-state index is 0.793. The van der Waals surface area contributed by atoms with Crippen molar-refractivity contribution in [3.63, 3.8) is 0 Å². The van der Waals surface area contributed by atoms with Crippen LogP contribution in [0.1, 0.15) is 5.56 Å². The minimum Gasteiger partial charge on any atom is -0.314 e. The Morgan fingerprint density at radius 3 is 2.27 bits per heavy atom. The number of nitrogens with zero attached hydrogens (tertiary/aromatic N) is 1. The normalized spacial score (nSPS) is 15.1. The third-order valence-electron chi connectivity index (χ3n) is 4.98. The SMILES string of the molecule is Clc1ccccc1-c1ccc(CN2CCNCC2)c(-c2ccccc2)c1. The fourth-order valence-corrected chi connectivity index (χ4v) is 3.82. The molecule has 0 aromatic heterocycles. The highest BCUT2D eigenvalue weighted by Gasteiger charge is 2.14. The Labute approximate surface area is 160 Å². The van der Waals surface area contributed by atoms with Crippen molar-refractivity contribution in [1.29, 1.82) is 0 Å². The highest BCUT2D eigenvalue weighted by Crippen LogP contribution is 2.33. The summed E-state index contributed by atoms with van der Waals surface area (Å²) in [6, 6.07) is 25.5. The van der Waals surface area contributed by atoms with E-state index in [0.717, 1.165) is 43.3 Å². The van der Waals surface area contributed by atoms with Gasteiger partial charge < -0.3 is 5.32 Å². The Kier molecular flexibility index (Phi) is 5.35. The molecule has 0 bridgehead atoms. The van der Waals surface area contributed by atoms with Gasteiger partial charge in [0.1, 0.15) is 0 Å². The maximum atomic E-state index is 6.44. The molecule has 3 aromatic carbocycles. The monoisotopic (exact) mass is 362 g/mol. The van der Waals surface area contributed by atoms with E-state index in [0.29, 0.717) is 0 Å². The van der Waals surface area contributed by atoms with E-state index in [4.69, 9.17) is 11.6 Å². The average Bonchev–Trinajstić information content (AvgIpc) is 2.70. The number of nitrogens with one attached hydrogen (secondary N) is 1. The third-order valence-corrected chi connectivity index (χ3v) is 5.31. The van der Waals surface area contributed by atoms with Gasteiger partial charge in [-0.2, -0.15) is 0 Å². The van der Waals surface area contributed by atoms with Crippen LogP contribution in [0.3, 0.4) is 0 Å². The number of hydrogen-bond donors (Lipinski definition) is 1. The molecule has 0 spiro atoms. The molecule has 1 aliphatic rings. The Morgan fingerprint density at radius 1 is 0.769 bits per heavy atom. The molecule has 3 heteroatoms. The van der Waals surface area contributed by atoms with Crippen LogP contribution in [0.15, 0.2) is 72.8 Å². The van der Waals surface area contributed by atoms with Crippen LogP contribution in [0.25, 0.3) is 22.3 Å². The summed E-state index contributed by atoms with van der Waals surface area (Å²) in [7, 11) is 0. The van der Waals surface area contributed by atoms with Crippen LogP contribution in [0.4, 0.5) is 0 Å². The van der Waals surface area contributed by atoms with Gasteiger partial charge >= 0.3 is 0 Å². The zero-order valence-electron chi connectivity index (χ0n) is 14.8. The second kappa shape index (κ2) is 8.05. The van der Waals surface area contributed by atoms with E-state index < -0.39 is 0 Å². The number of benzene rings is 3. The van der Waals surface area contributed by atoms with Crippen LogP contribution < -0.4 is 5.32 Å². The van der Waals surface area contributed by atoms with Crippen molar-refractivity contribution in [3.8, 4) is 22.3 Å². The van der Waals surface area contributed by atoms with Gasteiger partial charge in [-0.1, -0.05) is 72.3 Å². The van der Waals surface area contributed by atoms with Crippen molar-refractivity contribution in [2.24, 2.45) is 0 Å². The van der Waals surface area contributed by atoms with Gasteiger partial charge in [0.05, 0.1) is 0 Å². The lowest BCUT2D eigenvalue weighted by Gasteiger charge is -2.28.